The van der Waals surface area contributed by atoms with Crippen molar-refractivity contribution in [1.29, 1.82) is 0 Å². The van der Waals surface area contributed by atoms with Gasteiger partial charge in [0.15, 0.2) is 0 Å². The van der Waals surface area contributed by atoms with Crippen molar-refractivity contribution in [3.05, 3.63) is 35.9 Å². The molecule has 3 N–H and O–H groups in total. The maximum Gasteiger partial charge on any atom is 0.251 e. The smallest absolute Gasteiger partial charge is 0.251 e. The lowest BCUT2D eigenvalue weighted by Crippen LogP contribution is -2.48. The van der Waals surface area contributed by atoms with Gasteiger partial charge >= 0.3 is 0 Å². The Kier molecular flexibility index (Phi) is 4.96. The average molecular weight is 289 g/mol. The Labute approximate surface area is 125 Å². The van der Waals surface area contributed by atoms with Gasteiger partial charge in [0.25, 0.3) is 5.91 Å². The third kappa shape index (κ3) is 3.61. The molecule has 2 rings (SSSR count). The molecule has 0 aromatic heterocycles. The van der Waals surface area contributed by atoms with Gasteiger partial charge in [-0.25, -0.2) is 0 Å². The molecule has 1 aliphatic heterocycles. The van der Waals surface area contributed by atoms with Crippen LogP contribution in [0.5, 0.6) is 0 Å². The van der Waals surface area contributed by atoms with Crippen molar-refractivity contribution < 1.29 is 9.59 Å². The molecule has 0 spiro atoms. The van der Waals surface area contributed by atoms with Gasteiger partial charge in [0.05, 0.1) is 0 Å². The molecule has 1 saturated heterocycles. The summed E-state index contributed by atoms with van der Waals surface area (Å²) in [5, 5.41) is 2.76. The van der Waals surface area contributed by atoms with Crippen LogP contribution in [0.25, 0.3) is 0 Å². The standard InChI is InChI=1S/C16H23N3O2/c1-11-8-13(9-17)10-19(11)16(21)12(2)18-15(20)14-6-4-3-5-7-14/h3-7,11-13H,8-10,17H2,1-2H3,(H,18,20). The Bertz CT molecular complexity index is 504. The first-order valence-corrected chi connectivity index (χ1v) is 7.39. The van der Waals surface area contributed by atoms with Crippen LogP contribution in [-0.2, 0) is 4.79 Å². The lowest BCUT2D eigenvalue weighted by molar-refractivity contribution is -0.133. The molecular weight excluding hydrogens is 266 g/mol. The fourth-order valence-electron chi connectivity index (χ4n) is 2.80. The van der Waals surface area contributed by atoms with Crippen molar-refractivity contribution in [1.82, 2.24) is 10.2 Å². The minimum absolute atomic E-state index is 0.0391. The highest BCUT2D eigenvalue weighted by Gasteiger charge is 2.34. The minimum Gasteiger partial charge on any atom is -0.341 e. The monoisotopic (exact) mass is 289 g/mol. The number of amides is 2. The van der Waals surface area contributed by atoms with E-state index >= 15 is 0 Å². The van der Waals surface area contributed by atoms with E-state index in [-0.39, 0.29) is 17.9 Å². The molecule has 0 radical (unpaired) electrons. The van der Waals surface area contributed by atoms with E-state index in [1.54, 1.807) is 31.2 Å². The van der Waals surface area contributed by atoms with Crippen molar-refractivity contribution in [2.75, 3.05) is 13.1 Å². The number of nitrogens with two attached hydrogens (primary N) is 1. The predicted molar refractivity (Wildman–Crippen MR) is 81.7 cm³/mol. The molecule has 1 fully saturated rings. The molecule has 3 unspecified atom stereocenters. The van der Waals surface area contributed by atoms with Crippen LogP contribution in [0.3, 0.4) is 0 Å². The molecule has 5 heteroatoms. The van der Waals surface area contributed by atoms with E-state index in [2.05, 4.69) is 5.32 Å². The normalized spacial score (nSPS) is 22.9. The lowest BCUT2D eigenvalue weighted by atomic mass is 10.1. The lowest BCUT2D eigenvalue weighted by Gasteiger charge is -2.25. The summed E-state index contributed by atoms with van der Waals surface area (Å²) in [4.78, 5) is 26.4. The summed E-state index contributed by atoms with van der Waals surface area (Å²) in [6.07, 6.45) is 0.932. The second-order valence-electron chi connectivity index (χ2n) is 5.74. The van der Waals surface area contributed by atoms with Gasteiger partial charge in [-0.15, -0.1) is 0 Å². The minimum atomic E-state index is -0.531. The van der Waals surface area contributed by atoms with Crippen molar-refractivity contribution in [2.45, 2.75) is 32.4 Å². The number of carbonyl (C=O) groups is 2. The molecule has 1 aromatic carbocycles. The van der Waals surface area contributed by atoms with E-state index in [0.29, 0.717) is 24.6 Å². The first-order chi connectivity index (χ1) is 10.0. The zero-order valence-electron chi connectivity index (χ0n) is 12.6. The Balaban J connectivity index is 1.95. The van der Waals surface area contributed by atoms with Gasteiger partial charge < -0.3 is 16.0 Å². The number of carbonyl (C=O) groups excluding carboxylic acids is 2. The first kappa shape index (κ1) is 15.5. The maximum absolute atomic E-state index is 12.5. The van der Waals surface area contributed by atoms with E-state index in [9.17, 15) is 9.59 Å². The second-order valence-corrected chi connectivity index (χ2v) is 5.74. The number of hydrogen-bond acceptors (Lipinski definition) is 3. The molecule has 0 bridgehead atoms. The van der Waals surface area contributed by atoms with Crippen LogP contribution in [0.1, 0.15) is 30.6 Å². The highest BCUT2D eigenvalue weighted by Crippen LogP contribution is 2.22. The number of rotatable bonds is 4. The van der Waals surface area contributed by atoms with Crippen molar-refractivity contribution >= 4 is 11.8 Å². The van der Waals surface area contributed by atoms with E-state index in [1.165, 1.54) is 0 Å². The van der Waals surface area contributed by atoms with Gasteiger partial charge in [0.2, 0.25) is 5.91 Å². The Morgan fingerprint density at radius 3 is 2.62 bits per heavy atom. The van der Waals surface area contributed by atoms with Crippen LogP contribution < -0.4 is 11.1 Å². The third-order valence-corrected chi connectivity index (χ3v) is 4.03. The van der Waals surface area contributed by atoms with Crippen LogP contribution in [0, 0.1) is 5.92 Å². The zero-order valence-corrected chi connectivity index (χ0v) is 12.6. The Morgan fingerprint density at radius 1 is 1.38 bits per heavy atom. The third-order valence-electron chi connectivity index (χ3n) is 4.03. The topological polar surface area (TPSA) is 75.4 Å². The maximum atomic E-state index is 12.5. The summed E-state index contributed by atoms with van der Waals surface area (Å²) in [5.41, 5.74) is 6.25. The van der Waals surface area contributed by atoms with Gasteiger partial charge in [-0.3, -0.25) is 9.59 Å². The molecule has 1 aliphatic rings. The highest BCUT2D eigenvalue weighted by atomic mass is 16.2. The molecule has 1 heterocycles. The molecule has 114 valence electrons. The molecule has 0 aliphatic carbocycles. The van der Waals surface area contributed by atoms with Crippen molar-refractivity contribution in [3.63, 3.8) is 0 Å². The van der Waals surface area contributed by atoms with Crippen molar-refractivity contribution in [3.8, 4) is 0 Å². The number of nitrogens with one attached hydrogen (secondary N) is 1. The largest absolute Gasteiger partial charge is 0.341 e. The van der Waals surface area contributed by atoms with Gasteiger partial charge in [-0.2, -0.15) is 0 Å². The number of nitrogens with zero attached hydrogens (tertiary/aromatic N) is 1. The van der Waals surface area contributed by atoms with Gasteiger partial charge in [-0.1, -0.05) is 18.2 Å². The Morgan fingerprint density at radius 2 is 2.05 bits per heavy atom. The number of benzene rings is 1. The van der Waals surface area contributed by atoms with E-state index in [1.807, 2.05) is 17.9 Å². The zero-order chi connectivity index (χ0) is 15.4. The van der Waals surface area contributed by atoms with Gasteiger partial charge in [0.1, 0.15) is 6.04 Å². The Hall–Kier alpha value is -1.88. The molecule has 2 amide bonds. The summed E-state index contributed by atoms with van der Waals surface area (Å²) in [7, 11) is 0. The van der Waals surface area contributed by atoms with E-state index in [4.69, 9.17) is 5.73 Å². The van der Waals surface area contributed by atoms with Crippen LogP contribution >= 0.6 is 0 Å². The molecule has 0 saturated carbocycles. The van der Waals surface area contributed by atoms with Crippen molar-refractivity contribution in [2.24, 2.45) is 11.7 Å². The predicted octanol–water partition coefficient (Wildman–Crippen LogP) is 1.00. The molecule has 21 heavy (non-hydrogen) atoms. The summed E-state index contributed by atoms with van der Waals surface area (Å²) >= 11 is 0. The van der Waals surface area contributed by atoms with E-state index in [0.717, 1.165) is 6.42 Å². The van der Waals surface area contributed by atoms with E-state index < -0.39 is 6.04 Å². The molecular formula is C16H23N3O2. The summed E-state index contributed by atoms with van der Waals surface area (Å²) in [5.74, 6) is 0.0994. The SMILES string of the molecule is CC(NC(=O)c1ccccc1)C(=O)N1CC(CN)CC1C. The van der Waals surface area contributed by atoms with Crippen LogP contribution in [-0.4, -0.2) is 41.9 Å². The summed E-state index contributed by atoms with van der Waals surface area (Å²) < 4.78 is 0. The highest BCUT2D eigenvalue weighted by molar-refractivity contribution is 5.97. The molecule has 5 nitrogen and oxygen atoms in total. The number of hydrogen-bond donors (Lipinski definition) is 2. The average Bonchev–Trinajstić information content (AvgIpc) is 2.88. The van der Waals surface area contributed by atoms with Crippen LogP contribution in [0.15, 0.2) is 30.3 Å². The molecule has 1 aromatic rings. The first-order valence-electron chi connectivity index (χ1n) is 7.39. The fraction of sp³-hybridized carbons (Fsp3) is 0.500. The van der Waals surface area contributed by atoms with Crippen LogP contribution in [0.2, 0.25) is 0 Å². The number of likely N-dealkylation sites (tertiary alicyclic amines) is 1. The summed E-state index contributed by atoms with van der Waals surface area (Å²) in [6.45, 7) is 5.03. The fourth-order valence-corrected chi connectivity index (χ4v) is 2.80. The van der Waals surface area contributed by atoms with Crippen LogP contribution in [0.4, 0.5) is 0 Å². The van der Waals surface area contributed by atoms with Gasteiger partial charge in [0, 0.05) is 18.2 Å². The molecule has 3 atom stereocenters. The second kappa shape index (κ2) is 6.72. The summed E-state index contributed by atoms with van der Waals surface area (Å²) in [6, 6.07) is 8.57. The van der Waals surface area contributed by atoms with Gasteiger partial charge in [-0.05, 0) is 44.9 Å². The quantitative estimate of drug-likeness (QED) is 0.868.